The molecule has 0 spiro atoms. The Hall–Kier alpha value is -2.78. The minimum atomic E-state index is -1.25. The van der Waals surface area contributed by atoms with Crippen LogP contribution in [0.3, 0.4) is 0 Å². The number of ether oxygens (including phenoxy) is 1. The average Bonchev–Trinajstić information content (AvgIpc) is 2.74. The van der Waals surface area contributed by atoms with E-state index in [1.54, 1.807) is 19.2 Å². The number of aliphatic hydroxyl groups excluding tert-OH is 1. The van der Waals surface area contributed by atoms with Gasteiger partial charge < -0.3 is 20.5 Å². The van der Waals surface area contributed by atoms with Crippen molar-refractivity contribution < 1.29 is 24.6 Å². The zero-order valence-electron chi connectivity index (χ0n) is 16.5. The van der Waals surface area contributed by atoms with Crippen LogP contribution >= 0.6 is 0 Å². The fourth-order valence-corrected chi connectivity index (χ4v) is 2.74. The number of hydroxylamine groups is 1. The minimum Gasteiger partial charge on any atom is -0.391 e. The molecule has 8 nitrogen and oxygen atoms in total. The van der Waals surface area contributed by atoms with E-state index in [4.69, 9.17) is 9.94 Å². The number of hydrogen-bond donors (Lipinski definition) is 5. The van der Waals surface area contributed by atoms with Gasteiger partial charge in [0.15, 0.2) is 0 Å². The number of benzene rings is 2. The summed E-state index contributed by atoms with van der Waals surface area (Å²) in [5, 5.41) is 24.0. The van der Waals surface area contributed by atoms with Crippen LogP contribution in [-0.4, -0.2) is 54.5 Å². The maximum atomic E-state index is 12.3. The van der Waals surface area contributed by atoms with Crippen molar-refractivity contribution in [2.45, 2.75) is 25.6 Å². The number of rotatable bonds is 10. The lowest BCUT2D eigenvalue weighted by Crippen LogP contribution is -2.51. The number of hydrogen-bond acceptors (Lipinski definition) is 6. The number of carbonyl (C=O) groups is 2. The van der Waals surface area contributed by atoms with E-state index >= 15 is 0 Å². The molecule has 0 saturated carbocycles. The van der Waals surface area contributed by atoms with Gasteiger partial charge in [0.25, 0.3) is 11.8 Å². The highest BCUT2D eigenvalue weighted by Gasteiger charge is 2.25. The second kappa shape index (κ2) is 11.3. The number of aliphatic hydroxyl groups is 1. The van der Waals surface area contributed by atoms with Crippen LogP contribution in [0, 0.1) is 0 Å². The summed E-state index contributed by atoms with van der Waals surface area (Å²) in [7, 11) is 1.67. The van der Waals surface area contributed by atoms with Gasteiger partial charge in [-0.15, -0.1) is 0 Å². The molecular formula is C21H27N3O5. The van der Waals surface area contributed by atoms with E-state index in [0.29, 0.717) is 12.2 Å². The van der Waals surface area contributed by atoms with Crippen molar-refractivity contribution in [3.8, 4) is 11.1 Å². The second-order valence-electron chi connectivity index (χ2n) is 6.61. The molecule has 2 aromatic carbocycles. The normalized spacial score (nSPS) is 12.8. The molecule has 0 saturated heterocycles. The third-order valence-electron chi connectivity index (χ3n) is 4.41. The fourth-order valence-electron chi connectivity index (χ4n) is 2.74. The van der Waals surface area contributed by atoms with E-state index in [-0.39, 0.29) is 0 Å². The van der Waals surface area contributed by atoms with Gasteiger partial charge in [-0.25, -0.2) is 5.48 Å². The molecule has 2 rings (SSSR count). The number of methoxy groups -OCH3 is 1. The van der Waals surface area contributed by atoms with Crippen LogP contribution in [0.15, 0.2) is 48.5 Å². The van der Waals surface area contributed by atoms with Crippen LogP contribution in [0.5, 0.6) is 0 Å². The van der Waals surface area contributed by atoms with Gasteiger partial charge in [-0.1, -0.05) is 36.4 Å². The van der Waals surface area contributed by atoms with Gasteiger partial charge in [-0.2, -0.15) is 0 Å². The van der Waals surface area contributed by atoms with Gasteiger partial charge in [-0.05, 0) is 35.7 Å². The van der Waals surface area contributed by atoms with Gasteiger partial charge in [0, 0.05) is 25.8 Å². The first kappa shape index (κ1) is 22.5. The Labute approximate surface area is 169 Å². The van der Waals surface area contributed by atoms with Crippen molar-refractivity contribution >= 4 is 11.8 Å². The third-order valence-corrected chi connectivity index (χ3v) is 4.41. The maximum Gasteiger partial charge on any atom is 0.268 e. The van der Waals surface area contributed by atoms with E-state index in [1.165, 1.54) is 12.4 Å². The highest BCUT2D eigenvalue weighted by atomic mass is 16.5. The van der Waals surface area contributed by atoms with Crippen molar-refractivity contribution in [1.29, 1.82) is 0 Å². The standard InChI is InChI=1S/C21H27N3O5/c1-14(25)19(21(27)24-28)23-20(26)18-9-7-17(8-10-18)16-5-3-15(4-6-16)13-22-11-12-29-2/h3-10,14,19,22,25,28H,11-13H2,1-2H3,(H,23,26)(H,24,27)/t14-,19+/m1/s1. The summed E-state index contributed by atoms with van der Waals surface area (Å²) < 4.78 is 5.00. The third kappa shape index (κ3) is 6.65. The first-order valence-corrected chi connectivity index (χ1v) is 9.28. The molecule has 0 aliphatic rings. The highest BCUT2D eigenvalue weighted by Crippen LogP contribution is 2.20. The molecule has 0 aromatic heterocycles. The van der Waals surface area contributed by atoms with Crippen LogP contribution in [0.4, 0.5) is 0 Å². The SMILES string of the molecule is COCCNCc1ccc(-c2ccc(C(=O)N[C@H](C(=O)NO)[C@@H](C)O)cc2)cc1. The second-order valence-corrected chi connectivity index (χ2v) is 6.61. The fraction of sp³-hybridized carbons (Fsp3) is 0.333. The van der Waals surface area contributed by atoms with E-state index in [0.717, 1.165) is 29.8 Å². The van der Waals surface area contributed by atoms with Gasteiger partial charge in [0.1, 0.15) is 6.04 Å². The van der Waals surface area contributed by atoms with E-state index in [9.17, 15) is 14.7 Å². The molecule has 2 atom stereocenters. The summed E-state index contributed by atoms with van der Waals surface area (Å²) in [5.74, 6) is -1.41. The van der Waals surface area contributed by atoms with Gasteiger partial charge >= 0.3 is 0 Å². The number of nitrogens with one attached hydrogen (secondary N) is 3. The van der Waals surface area contributed by atoms with Crippen molar-refractivity contribution in [2.24, 2.45) is 0 Å². The molecule has 29 heavy (non-hydrogen) atoms. The summed E-state index contributed by atoms with van der Waals surface area (Å²) in [6.45, 7) is 3.56. The van der Waals surface area contributed by atoms with Gasteiger partial charge in [-0.3, -0.25) is 14.8 Å². The minimum absolute atomic E-state index is 0.337. The van der Waals surface area contributed by atoms with E-state index in [2.05, 4.69) is 10.6 Å². The Morgan fingerprint density at radius 1 is 1.03 bits per heavy atom. The van der Waals surface area contributed by atoms with Crippen LogP contribution in [0.1, 0.15) is 22.8 Å². The zero-order valence-corrected chi connectivity index (χ0v) is 16.5. The summed E-state index contributed by atoms with van der Waals surface area (Å²) in [6.07, 6.45) is -1.16. The predicted molar refractivity (Wildman–Crippen MR) is 108 cm³/mol. The lowest BCUT2D eigenvalue weighted by atomic mass is 10.0. The lowest BCUT2D eigenvalue weighted by Gasteiger charge is -2.19. The largest absolute Gasteiger partial charge is 0.391 e. The molecule has 5 N–H and O–H groups in total. The van der Waals surface area contributed by atoms with Crippen molar-refractivity contribution in [2.75, 3.05) is 20.3 Å². The van der Waals surface area contributed by atoms with Crippen LogP contribution in [0.2, 0.25) is 0 Å². The molecule has 0 fully saturated rings. The molecular weight excluding hydrogens is 374 g/mol. The smallest absolute Gasteiger partial charge is 0.268 e. The van der Waals surface area contributed by atoms with Crippen LogP contribution in [0.25, 0.3) is 11.1 Å². The first-order chi connectivity index (χ1) is 14.0. The number of carbonyl (C=O) groups excluding carboxylic acids is 2. The Bertz CT molecular complexity index is 791. The molecule has 2 aromatic rings. The van der Waals surface area contributed by atoms with Gasteiger partial charge in [0.2, 0.25) is 0 Å². The molecule has 8 heteroatoms. The molecule has 2 amide bonds. The van der Waals surface area contributed by atoms with Crippen molar-refractivity contribution in [3.63, 3.8) is 0 Å². The Morgan fingerprint density at radius 3 is 2.14 bits per heavy atom. The topological polar surface area (TPSA) is 120 Å². The average molecular weight is 401 g/mol. The molecule has 0 bridgehead atoms. The molecule has 156 valence electrons. The molecule has 0 unspecified atom stereocenters. The molecule has 0 aliphatic heterocycles. The zero-order chi connectivity index (χ0) is 21.2. The summed E-state index contributed by atoms with van der Waals surface area (Å²) >= 11 is 0. The summed E-state index contributed by atoms with van der Waals surface area (Å²) in [4.78, 5) is 23.9. The van der Waals surface area contributed by atoms with E-state index < -0.39 is 24.0 Å². The van der Waals surface area contributed by atoms with Crippen LogP contribution in [-0.2, 0) is 16.1 Å². The lowest BCUT2D eigenvalue weighted by molar-refractivity contribution is -0.133. The van der Waals surface area contributed by atoms with Crippen molar-refractivity contribution in [3.05, 3.63) is 59.7 Å². The van der Waals surface area contributed by atoms with Crippen LogP contribution < -0.4 is 16.1 Å². The predicted octanol–water partition coefficient (Wildman–Crippen LogP) is 1.07. The quantitative estimate of drug-likeness (QED) is 0.231. The Morgan fingerprint density at radius 2 is 1.62 bits per heavy atom. The molecule has 0 aliphatic carbocycles. The first-order valence-electron chi connectivity index (χ1n) is 9.28. The maximum absolute atomic E-state index is 12.3. The summed E-state index contributed by atoms with van der Waals surface area (Å²) in [5.41, 5.74) is 4.89. The summed E-state index contributed by atoms with van der Waals surface area (Å²) in [6, 6.07) is 13.7. The molecule has 0 radical (unpaired) electrons. The highest BCUT2D eigenvalue weighted by molar-refractivity contribution is 5.97. The Kier molecular flexibility index (Phi) is 8.75. The van der Waals surface area contributed by atoms with E-state index in [1.807, 2.05) is 36.4 Å². The van der Waals surface area contributed by atoms with Gasteiger partial charge in [0.05, 0.1) is 12.7 Å². The molecule has 0 heterocycles. The van der Waals surface area contributed by atoms with Crippen molar-refractivity contribution in [1.82, 2.24) is 16.1 Å². The Balaban J connectivity index is 2.00. The number of amides is 2. The monoisotopic (exact) mass is 401 g/mol.